The Bertz CT molecular complexity index is 2710. The van der Waals surface area contributed by atoms with Gasteiger partial charge in [0.1, 0.15) is 36.4 Å². The van der Waals surface area contributed by atoms with Gasteiger partial charge in [0.2, 0.25) is 0 Å². The first-order chi connectivity index (χ1) is 25.0. The van der Waals surface area contributed by atoms with Gasteiger partial charge in [-0.2, -0.15) is 100 Å². The van der Waals surface area contributed by atoms with Crippen molar-refractivity contribution < 1.29 is 52.7 Å². The van der Waals surface area contributed by atoms with E-state index in [4.69, 9.17) is 0 Å². The number of nitrogens with zero attached hydrogens (tertiary/aromatic N) is 9. The largest absolute Gasteiger partial charge is 0.418 e. The molecule has 54 heavy (non-hydrogen) atoms. The van der Waals surface area contributed by atoms with Crippen LogP contribution in [0.15, 0.2) is 18.2 Å². The van der Waals surface area contributed by atoms with Crippen LogP contribution in [0.1, 0.15) is 72.3 Å². The zero-order chi connectivity index (χ0) is 41.3. The van der Waals surface area contributed by atoms with Crippen molar-refractivity contribution in [3.05, 3.63) is 101 Å². The Hall–Kier alpha value is -8.03. The molecule has 0 aliphatic heterocycles. The third kappa shape index (κ3) is 6.71. The molecule has 0 aliphatic carbocycles. The van der Waals surface area contributed by atoms with Crippen LogP contribution in [0.2, 0.25) is 0 Å². The van der Waals surface area contributed by atoms with Crippen molar-refractivity contribution in [3.8, 4) is 54.6 Å². The van der Waals surface area contributed by atoms with E-state index in [-0.39, 0.29) is 12.1 Å². The zero-order valence-corrected chi connectivity index (χ0v) is 25.3. The van der Waals surface area contributed by atoms with E-state index in [1.165, 1.54) is 24.3 Å². The van der Waals surface area contributed by atoms with Crippen molar-refractivity contribution in [2.24, 2.45) is 0 Å². The summed E-state index contributed by atoms with van der Waals surface area (Å²) in [5, 5.41) is 86.5. The summed E-state index contributed by atoms with van der Waals surface area (Å²) in [6.07, 6.45) is -23.8. The summed E-state index contributed by atoms with van der Waals surface area (Å²) >= 11 is 0. The number of alkyl halides is 12. The monoisotopic (exact) mass is 753 g/mol. The molecule has 3 rings (SSSR count). The van der Waals surface area contributed by atoms with Gasteiger partial charge in [0.15, 0.2) is 0 Å². The smallest absolute Gasteiger partial charge is 0.192 e. The number of halogens is 12. The van der Waals surface area contributed by atoms with Crippen LogP contribution in [0.5, 0.6) is 0 Å². The molecule has 0 N–H and O–H groups in total. The molecule has 9 nitrogen and oxygen atoms in total. The van der Waals surface area contributed by atoms with Crippen LogP contribution in [0.25, 0.3) is 11.1 Å². The lowest BCUT2D eigenvalue weighted by molar-refractivity contribution is -0.162. The summed E-state index contributed by atoms with van der Waals surface area (Å²) in [6.45, 7) is 0. The molecule has 0 heterocycles. The van der Waals surface area contributed by atoms with E-state index >= 15 is 0 Å². The van der Waals surface area contributed by atoms with Crippen LogP contribution in [0.3, 0.4) is 0 Å². The van der Waals surface area contributed by atoms with Gasteiger partial charge in [0.05, 0.1) is 90.6 Å². The standard InChI is InChI=1S/C33H3F12N9/c34-30(35,36)23-2-14(5-47)26(21(11-53)28(23)32(40,41)42)18(8-50)16-1-13(4-46)25(19(9-51)17(16)7-49)20(10-52)27-15(6-48)3-24(31(37,38)39)29(22(27)12-54)33(43,44)45/h1-3H/b18-16+,25-20+. The number of hydrogen-bond donors (Lipinski definition) is 0. The van der Waals surface area contributed by atoms with Crippen LogP contribution in [-0.4, -0.2) is 0 Å². The molecule has 0 aromatic heterocycles. The molecule has 0 saturated heterocycles. The lowest BCUT2D eigenvalue weighted by Crippen LogP contribution is -2.28. The van der Waals surface area contributed by atoms with E-state index in [0.717, 1.165) is 30.3 Å². The zero-order valence-electron chi connectivity index (χ0n) is 25.3. The first kappa shape index (κ1) is 40.4. The molecule has 0 fully saturated rings. The minimum Gasteiger partial charge on any atom is -0.192 e. The Morgan fingerprint density at radius 1 is 0.389 bits per heavy atom. The Kier molecular flexibility index (Phi) is 10.4. The van der Waals surface area contributed by atoms with Crippen LogP contribution in [0.4, 0.5) is 52.7 Å². The van der Waals surface area contributed by atoms with Gasteiger partial charge < -0.3 is 0 Å². The maximum atomic E-state index is 14.1. The molecule has 0 spiro atoms. The molecular weight excluding hydrogens is 750 g/mol. The van der Waals surface area contributed by atoms with Gasteiger partial charge >= 0.3 is 24.7 Å². The summed E-state index contributed by atoms with van der Waals surface area (Å²) in [4.78, 5) is 0. The molecule has 0 unspecified atom stereocenters. The normalized spacial score (nSPS) is 12.5. The molecule has 0 radical (unpaired) electrons. The predicted molar refractivity (Wildman–Crippen MR) is 148 cm³/mol. The molecule has 3 aromatic rings. The molecule has 3 aromatic carbocycles. The Morgan fingerprint density at radius 2 is 0.741 bits per heavy atom. The van der Waals surface area contributed by atoms with E-state index in [1.807, 2.05) is 0 Å². The SMILES string of the molecule is N#C/C(c1c(C#N)cc(C(F)(F)F)c(C(F)(F)F)c1C#N)=c1/cc(C#N)/c(=C(/C#N)c2c(C#N)cc(C(F)(F)F)c(C(F)(F)F)c2C#N)c(C#N)c1C#N. The average Bonchev–Trinajstić information content (AvgIpc) is 3.09. The number of rotatable bonds is 2. The fraction of sp³-hybridized carbons (Fsp3) is 0.121. The topological polar surface area (TPSA) is 214 Å². The second-order valence-corrected chi connectivity index (χ2v) is 10.0. The van der Waals surface area contributed by atoms with Crippen molar-refractivity contribution in [1.82, 2.24) is 0 Å². The van der Waals surface area contributed by atoms with Crippen molar-refractivity contribution in [2.75, 3.05) is 0 Å². The summed E-state index contributed by atoms with van der Waals surface area (Å²) < 4.78 is 167. The number of benzene rings is 3. The van der Waals surface area contributed by atoms with Crippen molar-refractivity contribution in [2.45, 2.75) is 24.7 Å². The molecule has 0 amide bonds. The first-order valence-corrected chi connectivity index (χ1v) is 13.3. The highest BCUT2D eigenvalue weighted by atomic mass is 19.4. The second kappa shape index (κ2) is 13.9. The molecule has 21 heteroatoms. The highest BCUT2D eigenvalue weighted by molar-refractivity contribution is 5.89. The van der Waals surface area contributed by atoms with E-state index in [9.17, 15) is 100 Å². The van der Waals surface area contributed by atoms with E-state index in [1.54, 1.807) is 0 Å². The van der Waals surface area contributed by atoms with Crippen molar-refractivity contribution in [1.29, 1.82) is 47.4 Å². The Labute approximate surface area is 291 Å². The van der Waals surface area contributed by atoms with Gasteiger partial charge in [-0.15, -0.1) is 0 Å². The van der Waals surface area contributed by atoms with Crippen molar-refractivity contribution >= 4 is 11.1 Å². The average molecular weight is 753 g/mol. The maximum Gasteiger partial charge on any atom is 0.418 e. The molecule has 0 atom stereocenters. The Balaban J connectivity index is 2.95. The second-order valence-electron chi connectivity index (χ2n) is 10.0. The highest BCUT2D eigenvalue weighted by Gasteiger charge is 2.48. The van der Waals surface area contributed by atoms with Gasteiger partial charge in [-0.25, -0.2) is 0 Å². The lowest BCUT2D eigenvalue weighted by Gasteiger charge is -2.20. The molecule has 0 saturated carbocycles. The van der Waals surface area contributed by atoms with Crippen LogP contribution < -0.4 is 10.4 Å². The van der Waals surface area contributed by atoms with Crippen LogP contribution in [-0.2, 0) is 24.7 Å². The summed E-state index contributed by atoms with van der Waals surface area (Å²) in [7, 11) is 0. The third-order valence-electron chi connectivity index (χ3n) is 7.21. The lowest BCUT2D eigenvalue weighted by atomic mass is 9.84. The van der Waals surface area contributed by atoms with Gasteiger partial charge in [-0.05, 0) is 18.2 Å². The van der Waals surface area contributed by atoms with E-state index in [2.05, 4.69) is 0 Å². The van der Waals surface area contributed by atoms with E-state index in [0.29, 0.717) is 0 Å². The summed E-state index contributed by atoms with van der Waals surface area (Å²) in [5.41, 5.74) is -27.2. The minimum atomic E-state index is -6.03. The van der Waals surface area contributed by atoms with Crippen LogP contribution in [0, 0.1) is 102 Å². The van der Waals surface area contributed by atoms with Gasteiger partial charge in [0.25, 0.3) is 0 Å². The first-order valence-electron chi connectivity index (χ1n) is 13.3. The third-order valence-corrected chi connectivity index (χ3v) is 7.21. The van der Waals surface area contributed by atoms with Gasteiger partial charge in [-0.1, -0.05) is 0 Å². The maximum absolute atomic E-state index is 14.1. The number of hydrogen-bond acceptors (Lipinski definition) is 9. The van der Waals surface area contributed by atoms with Gasteiger partial charge in [-0.3, -0.25) is 0 Å². The predicted octanol–water partition coefficient (Wildman–Crippen LogP) is 6.31. The molecule has 0 aliphatic rings. The summed E-state index contributed by atoms with van der Waals surface area (Å²) in [6, 6.07) is 9.36. The van der Waals surface area contributed by atoms with E-state index < -0.39 is 125 Å². The quantitative estimate of drug-likeness (QED) is 0.268. The fourth-order valence-corrected chi connectivity index (χ4v) is 5.26. The van der Waals surface area contributed by atoms with Crippen molar-refractivity contribution in [3.63, 3.8) is 0 Å². The molecular formula is C33H3F12N9. The van der Waals surface area contributed by atoms with Gasteiger partial charge in [0, 0.05) is 21.6 Å². The highest BCUT2D eigenvalue weighted by Crippen LogP contribution is 2.46. The van der Waals surface area contributed by atoms with Crippen LogP contribution >= 0.6 is 0 Å². The molecule has 264 valence electrons. The summed E-state index contributed by atoms with van der Waals surface area (Å²) in [5.74, 6) is 0. The number of nitriles is 9. The fourth-order valence-electron chi connectivity index (χ4n) is 5.26. The Morgan fingerprint density at radius 3 is 1.02 bits per heavy atom. The minimum absolute atomic E-state index is 0.282. The molecule has 0 bridgehead atoms.